The first-order chi connectivity index (χ1) is 6.79. The van der Waals surface area contributed by atoms with Gasteiger partial charge in [-0.3, -0.25) is 4.72 Å². The summed E-state index contributed by atoms with van der Waals surface area (Å²) in [7, 11) is -3.97. The highest BCUT2D eigenvalue weighted by Crippen LogP contribution is 2.23. The summed E-state index contributed by atoms with van der Waals surface area (Å²) in [6, 6.07) is 3.59. The Hall–Kier alpha value is -1.31. The third-order valence-electron chi connectivity index (χ3n) is 1.47. The summed E-state index contributed by atoms with van der Waals surface area (Å²) in [5.74, 6) is -1.19. The molecule has 0 bridgehead atoms. The van der Waals surface area contributed by atoms with E-state index in [9.17, 15) is 13.2 Å². The number of rotatable bonds is 3. The van der Waals surface area contributed by atoms with E-state index in [4.69, 9.17) is 21.8 Å². The van der Waals surface area contributed by atoms with Crippen LogP contribution in [0.5, 0.6) is 0 Å². The summed E-state index contributed by atoms with van der Waals surface area (Å²) < 4.78 is 23.3. The topological polar surface area (TPSA) is 109 Å². The number of carboxylic acids is 1. The van der Waals surface area contributed by atoms with Crippen molar-refractivity contribution in [3.8, 4) is 0 Å². The lowest BCUT2D eigenvalue weighted by atomic mass is 10.2. The van der Waals surface area contributed by atoms with Gasteiger partial charge < -0.3 is 5.11 Å². The Morgan fingerprint density at radius 1 is 1.47 bits per heavy atom. The van der Waals surface area contributed by atoms with Crippen molar-refractivity contribution in [3.05, 3.63) is 28.8 Å². The van der Waals surface area contributed by atoms with Crippen LogP contribution in [0.25, 0.3) is 0 Å². The van der Waals surface area contributed by atoms with Gasteiger partial charge in [0.2, 0.25) is 0 Å². The largest absolute Gasteiger partial charge is 0.478 e. The van der Waals surface area contributed by atoms with Gasteiger partial charge in [0.1, 0.15) is 0 Å². The van der Waals surface area contributed by atoms with E-state index in [2.05, 4.69) is 0 Å². The molecular formula is C7H7ClN2O4S. The van der Waals surface area contributed by atoms with Crippen molar-refractivity contribution in [2.75, 3.05) is 4.72 Å². The van der Waals surface area contributed by atoms with E-state index in [1.54, 1.807) is 0 Å². The summed E-state index contributed by atoms with van der Waals surface area (Å²) in [6.45, 7) is 0. The zero-order valence-corrected chi connectivity index (χ0v) is 8.84. The predicted molar refractivity (Wildman–Crippen MR) is 55.1 cm³/mol. The second-order valence-electron chi connectivity index (χ2n) is 2.65. The highest BCUT2D eigenvalue weighted by Gasteiger charge is 2.10. The van der Waals surface area contributed by atoms with Crippen molar-refractivity contribution in [3.63, 3.8) is 0 Å². The van der Waals surface area contributed by atoms with Gasteiger partial charge >= 0.3 is 5.97 Å². The highest BCUT2D eigenvalue weighted by molar-refractivity contribution is 7.90. The Kier molecular flexibility index (Phi) is 3.18. The van der Waals surface area contributed by atoms with Crippen LogP contribution in [0, 0.1) is 0 Å². The summed E-state index contributed by atoms with van der Waals surface area (Å²) >= 11 is 5.63. The van der Waals surface area contributed by atoms with E-state index < -0.39 is 16.2 Å². The second kappa shape index (κ2) is 4.05. The minimum atomic E-state index is -3.97. The monoisotopic (exact) mass is 250 g/mol. The standard InChI is InChI=1S/C7H7ClN2O4S/c8-5-2-1-4(7(11)12)3-6(5)10-15(9,13)14/h1-3,10H,(H,11,12)(H2,9,13,14). The Balaban J connectivity index is 3.17. The van der Waals surface area contributed by atoms with Crippen LogP contribution in [-0.4, -0.2) is 19.5 Å². The molecule has 6 nitrogen and oxygen atoms in total. The maximum atomic E-state index is 10.7. The Morgan fingerprint density at radius 3 is 2.53 bits per heavy atom. The van der Waals surface area contributed by atoms with Crippen LogP contribution in [0.15, 0.2) is 18.2 Å². The number of nitrogens with two attached hydrogens (primary N) is 1. The van der Waals surface area contributed by atoms with Gasteiger partial charge in [-0.2, -0.15) is 8.42 Å². The number of carboxylic acid groups (broad SMARTS) is 1. The fourth-order valence-electron chi connectivity index (χ4n) is 0.890. The molecule has 0 amide bonds. The fourth-order valence-corrected chi connectivity index (χ4v) is 1.59. The lowest BCUT2D eigenvalue weighted by Gasteiger charge is -2.06. The number of hydrogen-bond donors (Lipinski definition) is 3. The van der Waals surface area contributed by atoms with Crippen LogP contribution in [-0.2, 0) is 10.2 Å². The first-order valence-corrected chi connectivity index (χ1v) is 5.55. The molecule has 1 aromatic carbocycles. The van der Waals surface area contributed by atoms with Crippen molar-refractivity contribution in [2.45, 2.75) is 0 Å². The van der Waals surface area contributed by atoms with Crippen LogP contribution in [0.2, 0.25) is 5.02 Å². The van der Waals surface area contributed by atoms with Gasteiger partial charge in [-0.1, -0.05) is 11.6 Å². The van der Waals surface area contributed by atoms with Crippen molar-refractivity contribution < 1.29 is 18.3 Å². The molecule has 0 aromatic heterocycles. The van der Waals surface area contributed by atoms with Gasteiger partial charge in [-0.15, -0.1) is 0 Å². The van der Waals surface area contributed by atoms with Crippen LogP contribution in [0.4, 0.5) is 5.69 Å². The fraction of sp³-hybridized carbons (Fsp3) is 0. The van der Waals surface area contributed by atoms with Crippen molar-refractivity contribution in [2.24, 2.45) is 5.14 Å². The zero-order chi connectivity index (χ0) is 11.6. The molecule has 0 radical (unpaired) electrons. The number of halogens is 1. The molecule has 1 aromatic rings. The lowest BCUT2D eigenvalue weighted by Crippen LogP contribution is -2.22. The minimum absolute atomic E-state index is 0.0639. The maximum absolute atomic E-state index is 10.7. The molecule has 0 aliphatic carbocycles. The van der Waals surface area contributed by atoms with Crippen molar-refractivity contribution in [1.82, 2.24) is 0 Å². The number of anilines is 1. The first kappa shape index (κ1) is 11.8. The smallest absolute Gasteiger partial charge is 0.335 e. The average Bonchev–Trinajstić information content (AvgIpc) is 2.06. The Labute approximate surface area is 90.8 Å². The van der Waals surface area contributed by atoms with Gasteiger partial charge in [-0.25, -0.2) is 9.93 Å². The molecule has 0 atom stereocenters. The predicted octanol–water partition coefficient (Wildman–Crippen LogP) is 0.654. The van der Waals surface area contributed by atoms with Crippen LogP contribution in [0.3, 0.4) is 0 Å². The van der Waals surface area contributed by atoms with Gasteiger partial charge in [0.05, 0.1) is 16.3 Å². The molecule has 0 unspecified atom stereocenters. The maximum Gasteiger partial charge on any atom is 0.335 e. The minimum Gasteiger partial charge on any atom is -0.478 e. The van der Waals surface area contributed by atoms with E-state index in [1.165, 1.54) is 12.1 Å². The van der Waals surface area contributed by atoms with Gasteiger partial charge in [0, 0.05) is 0 Å². The molecule has 0 aliphatic heterocycles. The molecule has 0 fully saturated rings. The summed E-state index contributed by atoms with van der Waals surface area (Å²) in [5, 5.41) is 13.4. The van der Waals surface area contributed by atoms with E-state index >= 15 is 0 Å². The van der Waals surface area contributed by atoms with Crippen LogP contribution < -0.4 is 9.86 Å². The quantitative estimate of drug-likeness (QED) is 0.732. The molecule has 0 spiro atoms. The molecule has 0 aliphatic rings. The van der Waals surface area contributed by atoms with E-state index in [-0.39, 0.29) is 16.3 Å². The summed E-state index contributed by atoms with van der Waals surface area (Å²) in [5.41, 5.74) is -0.162. The third-order valence-corrected chi connectivity index (χ3v) is 2.30. The molecule has 8 heteroatoms. The molecule has 0 saturated heterocycles. The summed E-state index contributed by atoms with van der Waals surface area (Å²) in [6.07, 6.45) is 0. The average molecular weight is 251 g/mol. The van der Waals surface area contributed by atoms with Crippen LogP contribution >= 0.6 is 11.6 Å². The van der Waals surface area contributed by atoms with Crippen LogP contribution in [0.1, 0.15) is 10.4 Å². The van der Waals surface area contributed by atoms with Gasteiger partial charge in [-0.05, 0) is 18.2 Å². The Bertz CT molecular complexity index is 500. The SMILES string of the molecule is NS(=O)(=O)Nc1cc(C(=O)O)ccc1Cl. The Morgan fingerprint density at radius 2 is 2.07 bits per heavy atom. The number of aromatic carboxylic acids is 1. The number of benzene rings is 1. The number of carbonyl (C=O) groups is 1. The molecule has 0 saturated carbocycles. The van der Waals surface area contributed by atoms with E-state index in [0.717, 1.165) is 6.07 Å². The van der Waals surface area contributed by atoms with E-state index in [0.29, 0.717) is 0 Å². The second-order valence-corrected chi connectivity index (χ2v) is 4.35. The highest BCUT2D eigenvalue weighted by atomic mass is 35.5. The molecule has 82 valence electrons. The molecule has 4 N–H and O–H groups in total. The third kappa shape index (κ3) is 3.39. The van der Waals surface area contributed by atoms with Crippen molar-refractivity contribution >= 4 is 33.5 Å². The van der Waals surface area contributed by atoms with Gasteiger partial charge in [0.15, 0.2) is 0 Å². The lowest BCUT2D eigenvalue weighted by molar-refractivity contribution is 0.0697. The van der Waals surface area contributed by atoms with Gasteiger partial charge in [0.25, 0.3) is 10.2 Å². The number of nitrogens with one attached hydrogen (secondary N) is 1. The first-order valence-electron chi connectivity index (χ1n) is 3.63. The van der Waals surface area contributed by atoms with Crippen molar-refractivity contribution in [1.29, 1.82) is 0 Å². The van der Waals surface area contributed by atoms with E-state index in [1.807, 2.05) is 4.72 Å². The number of hydrogen-bond acceptors (Lipinski definition) is 3. The zero-order valence-electron chi connectivity index (χ0n) is 7.27. The molecule has 0 heterocycles. The molecule has 1 rings (SSSR count). The summed E-state index contributed by atoms with van der Waals surface area (Å²) in [4.78, 5) is 10.6. The normalized spacial score (nSPS) is 11.1. The molecular weight excluding hydrogens is 244 g/mol. The molecule has 15 heavy (non-hydrogen) atoms.